The Hall–Kier alpha value is -4.00. The van der Waals surface area contributed by atoms with E-state index in [2.05, 4.69) is 10.2 Å². The number of ether oxygens (including phenoxy) is 1. The van der Waals surface area contributed by atoms with E-state index in [4.69, 9.17) is 19.2 Å². The fourth-order valence-electron chi connectivity index (χ4n) is 3.69. The van der Waals surface area contributed by atoms with Crippen molar-refractivity contribution in [2.45, 2.75) is 40.0 Å². The van der Waals surface area contributed by atoms with Crippen molar-refractivity contribution in [3.8, 4) is 28.5 Å². The third-order valence-electron chi connectivity index (χ3n) is 5.63. The maximum Gasteiger partial charge on any atom is 0.303 e. The van der Waals surface area contributed by atoms with E-state index < -0.39 is 5.97 Å². The molecule has 174 valence electrons. The average Bonchev–Trinajstić information content (AvgIpc) is 3.19. The minimum atomic E-state index is -0.794. The summed E-state index contributed by atoms with van der Waals surface area (Å²) in [5, 5.41) is 17.3. The van der Waals surface area contributed by atoms with Crippen LogP contribution >= 0.6 is 0 Å². The number of aromatic nitrogens is 3. The Morgan fingerprint density at radius 1 is 0.971 bits per heavy atom. The lowest BCUT2D eigenvalue weighted by Gasteiger charge is -2.09. The number of oxazole rings is 1. The van der Waals surface area contributed by atoms with E-state index in [1.165, 1.54) is 0 Å². The van der Waals surface area contributed by atoms with E-state index in [0.717, 1.165) is 50.8 Å². The van der Waals surface area contributed by atoms with Crippen LogP contribution in [0.4, 0.5) is 0 Å². The summed E-state index contributed by atoms with van der Waals surface area (Å²) in [5.74, 6) is 1.29. The summed E-state index contributed by atoms with van der Waals surface area (Å²) in [5.41, 5.74) is 6.40. The van der Waals surface area contributed by atoms with Crippen LogP contribution in [0.5, 0.6) is 5.75 Å². The number of hydrogen-bond acceptors (Lipinski definition) is 6. The van der Waals surface area contributed by atoms with E-state index in [9.17, 15) is 4.79 Å². The predicted molar refractivity (Wildman–Crippen MR) is 129 cm³/mol. The van der Waals surface area contributed by atoms with E-state index in [0.29, 0.717) is 25.3 Å². The van der Waals surface area contributed by atoms with Gasteiger partial charge in [-0.25, -0.2) is 4.98 Å². The Kier molecular flexibility index (Phi) is 7.01. The van der Waals surface area contributed by atoms with E-state index in [1.54, 1.807) is 0 Å². The fraction of sp³-hybridized carbons (Fsp3) is 0.259. The van der Waals surface area contributed by atoms with Crippen molar-refractivity contribution in [2.75, 3.05) is 6.61 Å². The Labute approximate surface area is 198 Å². The zero-order valence-electron chi connectivity index (χ0n) is 19.5. The van der Waals surface area contributed by atoms with Gasteiger partial charge in [-0.1, -0.05) is 18.2 Å². The summed E-state index contributed by atoms with van der Waals surface area (Å²) in [6.45, 7) is 6.24. The Morgan fingerprint density at radius 3 is 2.53 bits per heavy atom. The van der Waals surface area contributed by atoms with Crippen molar-refractivity contribution in [3.05, 3.63) is 82.9 Å². The number of carbonyl (C=O) groups is 1. The lowest BCUT2D eigenvalue weighted by molar-refractivity contribution is -0.136. The molecule has 0 amide bonds. The first-order valence-electron chi connectivity index (χ1n) is 11.2. The van der Waals surface area contributed by atoms with Gasteiger partial charge in [0.15, 0.2) is 0 Å². The largest absolute Gasteiger partial charge is 0.493 e. The number of aliphatic carboxylic acids is 1. The van der Waals surface area contributed by atoms with Gasteiger partial charge in [0.1, 0.15) is 11.5 Å². The second-order valence-electron chi connectivity index (χ2n) is 8.24. The molecule has 1 N–H and O–H groups in total. The zero-order chi connectivity index (χ0) is 24.1. The first-order valence-corrected chi connectivity index (χ1v) is 11.2. The molecule has 0 fully saturated rings. The smallest absolute Gasteiger partial charge is 0.303 e. The van der Waals surface area contributed by atoms with Crippen LogP contribution in [0.2, 0.25) is 0 Å². The number of hydrogen-bond donors (Lipinski definition) is 1. The van der Waals surface area contributed by atoms with Gasteiger partial charge in [0.25, 0.3) is 0 Å². The molecule has 7 heteroatoms. The summed E-state index contributed by atoms with van der Waals surface area (Å²) in [6, 6.07) is 17.5. The maximum absolute atomic E-state index is 10.8. The van der Waals surface area contributed by atoms with Crippen molar-refractivity contribution < 1.29 is 19.1 Å². The number of nitrogens with zero attached hydrogens (tertiary/aromatic N) is 3. The van der Waals surface area contributed by atoms with Crippen molar-refractivity contribution in [2.24, 2.45) is 0 Å². The number of carboxylic acid groups (broad SMARTS) is 1. The molecule has 0 bridgehead atoms. The Morgan fingerprint density at radius 2 is 1.79 bits per heavy atom. The molecule has 0 aliphatic carbocycles. The lowest BCUT2D eigenvalue weighted by Crippen LogP contribution is -2.04. The maximum atomic E-state index is 10.8. The molecule has 2 aromatic carbocycles. The van der Waals surface area contributed by atoms with Crippen LogP contribution in [-0.2, 0) is 17.6 Å². The van der Waals surface area contributed by atoms with Gasteiger partial charge in [0, 0.05) is 24.0 Å². The minimum absolute atomic E-state index is 0.121. The number of aryl methyl sites for hydroxylation is 4. The summed E-state index contributed by atoms with van der Waals surface area (Å²) >= 11 is 0. The molecule has 0 unspecified atom stereocenters. The fourth-order valence-corrected chi connectivity index (χ4v) is 3.69. The first-order chi connectivity index (χ1) is 16.4. The van der Waals surface area contributed by atoms with Gasteiger partial charge in [-0.2, -0.15) is 10.2 Å². The summed E-state index contributed by atoms with van der Waals surface area (Å²) < 4.78 is 11.9. The van der Waals surface area contributed by atoms with Gasteiger partial charge in [-0.3, -0.25) is 4.79 Å². The van der Waals surface area contributed by atoms with Gasteiger partial charge in [-0.05, 0) is 74.7 Å². The van der Waals surface area contributed by atoms with Gasteiger partial charge < -0.3 is 14.3 Å². The average molecular weight is 458 g/mol. The summed E-state index contributed by atoms with van der Waals surface area (Å²) in [7, 11) is 0. The topological polar surface area (TPSA) is 98.3 Å². The lowest BCUT2D eigenvalue weighted by atomic mass is 10.0. The van der Waals surface area contributed by atoms with Crippen LogP contribution in [-0.4, -0.2) is 32.9 Å². The van der Waals surface area contributed by atoms with Crippen LogP contribution in [0.3, 0.4) is 0 Å². The quantitative estimate of drug-likeness (QED) is 0.361. The van der Waals surface area contributed by atoms with Crippen LogP contribution in [0.15, 0.2) is 59.0 Å². The molecule has 2 heterocycles. The molecule has 0 saturated carbocycles. The monoisotopic (exact) mass is 457 g/mol. The van der Waals surface area contributed by atoms with Crippen LogP contribution in [0, 0.1) is 20.8 Å². The van der Waals surface area contributed by atoms with Crippen LogP contribution in [0.25, 0.3) is 22.7 Å². The summed E-state index contributed by atoms with van der Waals surface area (Å²) in [6.07, 6.45) is 1.24. The highest BCUT2D eigenvalue weighted by molar-refractivity contribution is 5.67. The SMILES string of the molecule is Cc1ccc(-c2cccc(-c3nc(CCOc4ccc(CCC(=O)O)c(C)c4)c(C)o3)c2)nn1. The van der Waals surface area contributed by atoms with Crippen molar-refractivity contribution in [1.29, 1.82) is 0 Å². The molecule has 0 aliphatic heterocycles. The van der Waals surface area contributed by atoms with Crippen molar-refractivity contribution >= 4 is 5.97 Å². The molecule has 7 nitrogen and oxygen atoms in total. The highest BCUT2D eigenvalue weighted by Gasteiger charge is 2.13. The molecule has 0 saturated heterocycles. The zero-order valence-corrected chi connectivity index (χ0v) is 19.5. The highest BCUT2D eigenvalue weighted by atomic mass is 16.5. The molecule has 0 spiro atoms. The third-order valence-corrected chi connectivity index (χ3v) is 5.63. The molecule has 4 aromatic rings. The third kappa shape index (κ3) is 5.67. The van der Waals surface area contributed by atoms with Gasteiger partial charge in [0.05, 0.1) is 23.7 Å². The Bertz CT molecular complexity index is 1300. The van der Waals surface area contributed by atoms with Crippen molar-refractivity contribution in [1.82, 2.24) is 15.2 Å². The van der Waals surface area contributed by atoms with Crippen molar-refractivity contribution in [3.63, 3.8) is 0 Å². The van der Waals surface area contributed by atoms with Gasteiger partial charge in [-0.15, -0.1) is 0 Å². The first kappa shape index (κ1) is 23.2. The molecular weight excluding hydrogens is 430 g/mol. The van der Waals surface area contributed by atoms with E-state index in [1.807, 2.05) is 75.4 Å². The van der Waals surface area contributed by atoms with Gasteiger partial charge >= 0.3 is 5.97 Å². The normalized spacial score (nSPS) is 10.9. The van der Waals surface area contributed by atoms with E-state index >= 15 is 0 Å². The molecule has 4 rings (SSSR count). The molecule has 0 radical (unpaired) electrons. The number of rotatable bonds is 9. The minimum Gasteiger partial charge on any atom is -0.493 e. The summed E-state index contributed by atoms with van der Waals surface area (Å²) in [4.78, 5) is 15.5. The molecule has 0 atom stereocenters. The number of carboxylic acids is 1. The second-order valence-corrected chi connectivity index (χ2v) is 8.24. The second kappa shape index (κ2) is 10.3. The predicted octanol–water partition coefficient (Wildman–Crippen LogP) is 5.36. The van der Waals surface area contributed by atoms with E-state index in [-0.39, 0.29) is 6.42 Å². The van der Waals surface area contributed by atoms with Crippen LogP contribution in [0.1, 0.15) is 34.7 Å². The molecular formula is C27H27N3O4. The number of benzene rings is 2. The van der Waals surface area contributed by atoms with Crippen LogP contribution < -0.4 is 4.74 Å². The van der Waals surface area contributed by atoms with Gasteiger partial charge in [0.2, 0.25) is 5.89 Å². The highest BCUT2D eigenvalue weighted by Crippen LogP contribution is 2.27. The molecule has 2 aromatic heterocycles. The standard InChI is InChI=1S/C27H27N3O4/c1-17-15-23(10-8-20(17)9-12-26(31)32)33-14-13-24-19(3)34-27(28-24)22-6-4-5-21(16-22)25-11-7-18(2)29-30-25/h4-8,10-11,15-16H,9,12-14H2,1-3H3,(H,31,32). The molecule has 0 aliphatic rings. The Balaban J connectivity index is 1.40. The molecule has 34 heavy (non-hydrogen) atoms.